The molecule has 0 heterocycles. The van der Waals surface area contributed by atoms with E-state index in [2.05, 4.69) is 46.4 Å². The van der Waals surface area contributed by atoms with Crippen LogP contribution < -0.4 is 0 Å². The van der Waals surface area contributed by atoms with Crippen LogP contribution in [-0.4, -0.2) is 33.1 Å². The molecule has 0 saturated heterocycles. The molecule has 3 saturated carbocycles. The van der Waals surface area contributed by atoms with Crippen molar-refractivity contribution < 1.29 is 15.3 Å². The highest BCUT2D eigenvalue weighted by Gasteiger charge is 2.50. The molecular formula is C29H48O3. The predicted molar refractivity (Wildman–Crippen MR) is 133 cm³/mol. The van der Waals surface area contributed by atoms with Crippen LogP contribution in [0.15, 0.2) is 35.5 Å². The monoisotopic (exact) mass is 444 g/mol. The van der Waals surface area contributed by atoms with Gasteiger partial charge in [-0.25, -0.2) is 0 Å². The van der Waals surface area contributed by atoms with Gasteiger partial charge in [-0.2, -0.15) is 0 Å². The van der Waals surface area contributed by atoms with Crippen molar-refractivity contribution >= 4 is 0 Å². The lowest BCUT2D eigenvalue weighted by molar-refractivity contribution is 0.0178. The van der Waals surface area contributed by atoms with Gasteiger partial charge >= 0.3 is 0 Å². The molecule has 6 unspecified atom stereocenters. The fourth-order valence-electron chi connectivity index (χ4n) is 7.24. The molecule has 3 aliphatic carbocycles. The van der Waals surface area contributed by atoms with Gasteiger partial charge in [0.05, 0.1) is 17.8 Å². The fraction of sp³-hybridized carbons (Fsp3) is 0.793. The van der Waals surface area contributed by atoms with E-state index in [1.807, 2.05) is 0 Å². The molecule has 0 bridgehead atoms. The van der Waals surface area contributed by atoms with Crippen LogP contribution in [0.5, 0.6) is 0 Å². The number of aliphatic hydroxyl groups excluding tert-OH is 2. The third-order valence-corrected chi connectivity index (χ3v) is 9.61. The quantitative estimate of drug-likeness (QED) is 0.401. The standard InChI is InChI=1S/C29H48O3/c1-6-29(32,7-2)17-8-10-20(3)25-14-15-26-22(11-9-16-28(25,26)5)12-13-23-18-24(30)19-27(31)21(23)4/h12-13,20,24-27,30-32H,4,6-11,14-19H2,1-3,5H3/b22-12+,23-13-. The maximum Gasteiger partial charge on any atom is 0.0811 e. The van der Waals surface area contributed by atoms with E-state index >= 15 is 0 Å². The molecule has 32 heavy (non-hydrogen) atoms. The number of rotatable bonds is 8. The van der Waals surface area contributed by atoms with Crippen molar-refractivity contribution in [2.24, 2.45) is 23.2 Å². The Morgan fingerprint density at radius 3 is 2.59 bits per heavy atom. The zero-order valence-corrected chi connectivity index (χ0v) is 21.1. The van der Waals surface area contributed by atoms with Gasteiger partial charge in [-0.15, -0.1) is 0 Å². The molecule has 3 N–H and O–H groups in total. The fourth-order valence-corrected chi connectivity index (χ4v) is 7.24. The number of aliphatic hydroxyl groups is 3. The van der Waals surface area contributed by atoms with Gasteiger partial charge in [-0.3, -0.25) is 0 Å². The van der Waals surface area contributed by atoms with E-state index in [0.29, 0.717) is 30.1 Å². The van der Waals surface area contributed by atoms with E-state index in [-0.39, 0.29) is 0 Å². The van der Waals surface area contributed by atoms with Gasteiger partial charge in [0.25, 0.3) is 0 Å². The van der Waals surface area contributed by atoms with Gasteiger partial charge in [0.2, 0.25) is 0 Å². The number of allylic oxidation sites excluding steroid dienone is 3. The van der Waals surface area contributed by atoms with E-state index < -0.39 is 17.8 Å². The van der Waals surface area contributed by atoms with Gasteiger partial charge in [-0.05, 0) is 92.1 Å². The Kier molecular flexibility index (Phi) is 8.50. The summed E-state index contributed by atoms with van der Waals surface area (Å²) in [6, 6.07) is 0. The van der Waals surface area contributed by atoms with E-state index in [1.54, 1.807) is 5.57 Å². The molecule has 0 aromatic carbocycles. The largest absolute Gasteiger partial charge is 0.393 e. The summed E-state index contributed by atoms with van der Waals surface area (Å²) >= 11 is 0. The Labute approximate surface area is 196 Å². The summed E-state index contributed by atoms with van der Waals surface area (Å²) in [5.74, 6) is 2.10. The van der Waals surface area contributed by atoms with Gasteiger partial charge < -0.3 is 15.3 Å². The Morgan fingerprint density at radius 1 is 1.19 bits per heavy atom. The molecule has 6 atom stereocenters. The second kappa shape index (κ2) is 10.6. The Balaban J connectivity index is 1.67. The maximum absolute atomic E-state index is 10.6. The number of hydrogen-bond donors (Lipinski definition) is 3. The summed E-state index contributed by atoms with van der Waals surface area (Å²) in [6.07, 6.45) is 15.7. The third kappa shape index (κ3) is 5.42. The lowest BCUT2D eigenvalue weighted by atomic mass is 9.60. The van der Waals surface area contributed by atoms with Crippen LogP contribution in [-0.2, 0) is 0 Å². The highest BCUT2D eigenvalue weighted by Crippen LogP contribution is 2.60. The molecule has 3 heteroatoms. The van der Waals surface area contributed by atoms with Crippen LogP contribution in [0.3, 0.4) is 0 Å². The lowest BCUT2D eigenvalue weighted by Crippen LogP contribution is -2.36. The average Bonchev–Trinajstić information content (AvgIpc) is 3.12. The molecular weight excluding hydrogens is 396 g/mol. The highest BCUT2D eigenvalue weighted by molar-refractivity contribution is 5.38. The van der Waals surface area contributed by atoms with Crippen molar-refractivity contribution in [1.29, 1.82) is 0 Å². The predicted octanol–water partition coefficient (Wildman–Crippen LogP) is 6.48. The molecule has 3 rings (SSSR count). The van der Waals surface area contributed by atoms with Gasteiger partial charge in [-0.1, -0.05) is 64.8 Å². The van der Waals surface area contributed by atoms with Crippen molar-refractivity contribution in [2.75, 3.05) is 0 Å². The van der Waals surface area contributed by atoms with Crippen molar-refractivity contribution in [1.82, 2.24) is 0 Å². The van der Waals surface area contributed by atoms with Gasteiger partial charge in [0, 0.05) is 6.42 Å². The first-order valence-electron chi connectivity index (χ1n) is 13.3. The molecule has 3 aliphatic rings. The molecule has 3 nitrogen and oxygen atoms in total. The van der Waals surface area contributed by atoms with E-state index in [1.165, 1.54) is 38.5 Å². The molecule has 0 spiro atoms. The third-order valence-electron chi connectivity index (χ3n) is 9.61. The van der Waals surface area contributed by atoms with E-state index in [4.69, 9.17) is 0 Å². The number of hydrogen-bond acceptors (Lipinski definition) is 3. The second-order valence-corrected chi connectivity index (χ2v) is 11.5. The molecule has 3 fully saturated rings. The molecule has 0 radical (unpaired) electrons. The SMILES string of the molecule is C=C1/C(=C\C=C2/CCCC3(C)C2CCC3C(C)CCCC(O)(CC)CC)CC(O)CC1O. The van der Waals surface area contributed by atoms with Crippen molar-refractivity contribution in [3.8, 4) is 0 Å². The summed E-state index contributed by atoms with van der Waals surface area (Å²) in [4.78, 5) is 0. The van der Waals surface area contributed by atoms with Crippen LogP contribution in [0.1, 0.15) is 105 Å². The van der Waals surface area contributed by atoms with Crippen LogP contribution in [0.2, 0.25) is 0 Å². The topological polar surface area (TPSA) is 60.7 Å². The van der Waals surface area contributed by atoms with Gasteiger partial charge in [0.15, 0.2) is 0 Å². The minimum absolute atomic E-state index is 0.371. The van der Waals surface area contributed by atoms with Crippen molar-refractivity contribution in [2.45, 2.75) is 123 Å². The maximum atomic E-state index is 10.6. The molecule has 0 aromatic rings. The summed E-state index contributed by atoms with van der Waals surface area (Å²) < 4.78 is 0. The van der Waals surface area contributed by atoms with Crippen LogP contribution in [0.4, 0.5) is 0 Å². The first kappa shape index (κ1) is 25.7. The average molecular weight is 445 g/mol. The van der Waals surface area contributed by atoms with E-state index in [9.17, 15) is 15.3 Å². The van der Waals surface area contributed by atoms with Gasteiger partial charge in [0.1, 0.15) is 0 Å². The first-order chi connectivity index (χ1) is 15.1. The molecule has 0 aliphatic heterocycles. The summed E-state index contributed by atoms with van der Waals surface area (Å²) in [5.41, 5.74) is 3.26. The Morgan fingerprint density at radius 2 is 1.91 bits per heavy atom. The molecule has 0 amide bonds. The van der Waals surface area contributed by atoms with Crippen LogP contribution >= 0.6 is 0 Å². The smallest absolute Gasteiger partial charge is 0.0811 e. The lowest BCUT2D eigenvalue weighted by Gasteiger charge is -2.44. The zero-order valence-electron chi connectivity index (χ0n) is 21.1. The molecule has 0 aromatic heterocycles. The minimum Gasteiger partial charge on any atom is -0.393 e. The second-order valence-electron chi connectivity index (χ2n) is 11.5. The normalized spacial score (nSPS) is 37.2. The van der Waals surface area contributed by atoms with E-state index in [0.717, 1.165) is 42.7 Å². The minimum atomic E-state index is -0.616. The number of fused-ring (bicyclic) bond motifs is 1. The Hall–Kier alpha value is -0.900. The van der Waals surface area contributed by atoms with Crippen LogP contribution in [0.25, 0.3) is 0 Å². The molecule has 182 valence electrons. The summed E-state index contributed by atoms with van der Waals surface area (Å²) in [6.45, 7) is 13.3. The van der Waals surface area contributed by atoms with Crippen molar-refractivity contribution in [3.63, 3.8) is 0 Å². The van der Waals surface area contributed by atoms with Crippen LogP contribution in [0, 0.1) is 23.2 Å². The zero-order chi connectivity index (χ0) is 23.5. The Bertz CT molecular complexity index is 716. The summed E-state index contributed by atoms with van der Waals surface area (Å²) in [5, 5.41) is 30.9. The highest BCUT2D eigenvalue weighted by atomic mass is 16.3. The van der Waals surface area contributed by atoms with Crippen molar-refractivity contribution in [3.05, 3.63) is 35.5 Å². The summed E-state index contributed by atoms with van der Waals surface area (Å²) in [7, 11) is 0. The first-order valence-corrected chi connectivity index (χ1v) is 13.3.